The minimum atomic E-state index is -0.500. The molecule has 0 fully saturated rings. The quantitative estimate of drug-likeness (QED) is 0.683. The van der Waals surface area contributed by atoms with Crippen molar-refractivity contribution in [2.45, 2.75) is 20.1 Å². The van der Waals surface area contributed by atoms with E-state index in [0.717, 1.165) is 0 Å². The van der Waals surface area contributed by atoms with Crippen molar-refractivity contribution in [1.29, 1.82) is 0 Å². The highest BCUT2D eigenvalue weighted by atomic mass is 35.5. The first kappa shape index (κ1) is 13.4. The Morgan fingerprint density at radius 2 is 2.26 bits per heavy atom. The van der Waals surface area contributed by atoms with Crippen molar-refractivity contribution in [3.63, 3.8) is 0 Å². The fraction of sp³-hybridized carbons (Fsp3) is 0.250. The van der Waals surface area contributed by atoms with Crippen LogP contribution in [0.1, 0.15) is 23.1 Å². The Hall–Kier alpha value is -2.08. The molecule has 19 heavy (non-hydrogen) atoms. The molecule has 0 saturated carbocycles. The van der Waals surface area contributed by atoms with E-state index in [4.69, 9.17) is 22.1 Å². The number of carbonyl (C=O) groups is 1. The van der Waals surface area contributed by atoms with Crippen molar-refractivity contribution in [2.24, 2.45) is 0 Å². The predicted molar refractivity (Wildman–Crippen MR) is 70.7 cm³/mol. The highest BCUT2D eigenvalue weighted by molar-refractivity contribution is 6.31. The molecule has 1 heterocycles. The first-order chi connectivity index (χ1) is 9.10. The molecule has 1 aromatic heterocycles. The van der Waals surface area contributed by atoms with Gasteiger partial charge in [0.25, 0.3) is 0 Å². The molecule has 6 nitrogen and oxygen atoms in total. The van der Waals surface area contributed by atoms with Gasteiger partial charge in [0.05, 0.1) is 5.56 Å². The molecular formula is C12H13ClN4O2. The van der Waals surface area contributed by atoms with E-state index < -0.39 is 5.97 Å². The van der Waals surface area contributed by atoms with E-state index >= 15 is 0 Å². The van der Waals surface area contributed by atoms with Gasteiger partial charge in [0.1, 0.15) is 6.33 Å². The van der Waals surface area contributed by atoms with Crippen molar-refractivity contribution in [1.82, 2.24) is 14.8 Å². The molecule has 0 unspecified atom stereocenters. The van der Waals surface area contributed by atoms with E-state index in [1.807, 2.05) is 6.92 Å². The lowest BCUT2D eigenvalue weighted by molar-refractivity contribution is 0.0457. The maximum atomic E-state index is 11.9. The van der Waals surface area contributed by atoms with Gasteiger partial charge in [0.2, 0.25) is 0 Å². The number of anilines is 1. The number of nitrogens with two attached hydrogens (primary N) is 1. The van der Waals surface area contributed by atoms with E-state index in [0.29, 0.717) is 28.6 Å². The largest absolute Gasteiger partial charge is 0.454 e. The van der Waals surface area contributed by atoms with Crippen LogP contribution in [0, 0.1) is 0 Å². The molecule has 1 aromatic carbocycles. The van der Waals surface area contributed by atoms with Gasteiger partial charge in [-0.25, -0.2) is 14.5 Å². The maximum absolute atomic E-state index is 11.9. The summed E-state index contributed by atoms with van der Waals surface area (Å²) in [6.45, 7) is 2.65. The van der Waals surface area contributed by atoms with Crippen LogP contribution in [0.2, 0.25) is 5.02 Å². The first-order valence-electron chi connectivity index (χ1n) is 5.70. The zero-order chi connectivity index (χ0) is 13.8. The Morgan fingerprint density at radius 1 is 1.47 bits per heavy atom. The second-order valence-electron chi connectivity index (χ2n) is 3.84. The van der Waals surface area contributed by atoms with Crippen molar-refractivity contribution < 1.29 is 9.53 Å². The van der Waals surface area contributed by atoms with Gasteiger partial charge < -0.3 is 10.5 Å². The lowest BCUT2D eigenvalue weighted by atomic mass is 10.2. The fourth-order valence-electron chi connectivity index (χ4n) is 1.61. The highest BCUT2D eigenvalue weighted by Crippen LogP contribution is 2.17. The molecule has 2 aromatic rings. The van der Waals surface area contributed by atoms with Crippen LogP contribution in [0.4, 0.5) is 5.69 Å². The number of benzene rings is 1. The van der Waals surface area contributed by atoms with Gasteiger partial charge in [-0.15, -0.1) is 0 Å². The zero-order valence-electron chi connectivity index (χ0n) is 10.3. The number of carbonyl (C=O) groups excluding carboxylic acids is 1. The van der Waals surface area contributed by atoms with Crippen LogP contribution in [0.25, 0.3) is 0 Å². The van der Waals surface area contributed by atoms with Crippen molar-refractivity contribution in [3.8, 4) is 0 Å². The van der Waals surface area contributed by atoms with Gasteiger partial charge in [0, 0.05) is 17.3 Å². The molecule has 0 spiro atoms. The molecule has 0 aliphatic rings. The number of aromatic nitrogens is 3. The van der Waals surface area contributed by atoms with E-state index in [1.54, 1.807) is 10.7 Å². The van der Waals surface area contributed by atoms with Gasteiger partial charge in [-0.05, 0) is 25.1 Å². The SMILES string of the molecule is CCn1ncnc1COC(=O)c1cc(N)cc(Cl)c1. The lowest BCUT2D eigenvalue weighted by Gasteiger charge is -2.06. The summed E-state index contributed by atoms with van der Waals surface area (Å²) in [7, 11) is 0. The third-order valence-electron chi connectivity index (χ3n) is 2.48. The zero-order valence-corrected chi connectivity index (χ0v) is 11.1. The van der Waals surface area contributed by atoms with Crippen LogP contribution in [0.15, 0.2) is 24.5 Å². The number of hydrogen-bond acceptors (Lipinski definition) is 5. The molecule has 0 atom stereocenters. The summed E-state index contributed by atoms with van der Waals surface area (Å²) in [5, 5.41) is 4.38. The van der Waals surface area contributed by atoms with Gasteiger partial charge >= 0.3 is 5.97 Å². The number of nitrogens with zero attached hydrogens (tertiary/aromatic N) is 3. The second-order valence-corrected chi connectivity index (χ2v) is 4.28. The average molecular weight is 281 g/mol. The molecule has 0 aliphatic heterocycles. The summed E-state index contributed by atoms with van der Waals surface area (Å²) in [6, 6.07) is 4.58. The van der Waals surface area contributed by atoms with E-state index in [2.05, 4.69) is 10.1 Å². The van der Waals surface area contributed by atoms with E-state index in [1.165, 1.54) is 18.5 Å². The van der Waals surface area contributed by atoms with Gasteiger partial charge in [0.15, 0.2) is 12.4 Å². The van der Waals surface area contributed by atoms with Crippen LogP contribution in [-0.2, 0) is 17.9 Å². The molecule has 0 saturated heterocycles. The second kappa shape index (κ2) is 5.71. The summed E-state index contributed by atoms with van der Waals surface area (Å²) in [4.78, 5) is 15.9. The van der Waals surface area contributed by atoms with Gasteiger partial charge in [-0.2, -0.15) is 5.10 Å². The molecule has 7 heteroatoms. The fourth-order valence-corrected chi connectivity index (χ4v) is 1.85. The Balaban J connectivity index is 2.05. The highest BCUT2D eigenvalue weighted by Gasteiger charge is 2.11. The maximum Gasteiger partial charge on any atom is 0.338 e. The van der Waals surface area contributed by atoms with Crippen LogP contribution in [-0.4, -0.2) is 20.7 Å². The molecule has 0 bridgehead atoms. The minimum absolute atomic E-state index is 0.0547. The Labute approximate surface area is 115 Å². The minimum Gasteiger partial charge on any atom is -0.454 e. The normalized spacial score (nSPS) is 10.4. The number of nitrogen functional groups attached to an aromatic ring is 1. The van der Waals surface area contributed by atoms with Crippen LogP contribution < -0.4 is 5.73 Å². The molecule has 0 radical (unpaired) electrons. The molecule has 2 N–H and O–H groups in total. The topological polar surface area (TPSA) is 83.0 Å². The summed E-state index contributed by atoms with van der Waals surface area (Å²) in [6.07, 6.45) is 1.42. The smallest absolute Gasteiger partial charge is 0.338 e. The van der Waals surface area contributed by atoms with Crippen molar-refractivity contribution in [3.05, 3.63) is 40.9 Å². The molecule has 0 amide bonds. The molecule has 0 aliphatic carbocycles. The number of aryl methyl sites for hydroxylation is 1. The number of esters is 1. The Morgan fingerprint density at radius 3 is 2.95 bits per heavy atom. The molecule has 2 rings (SSSR count). The Bertz CT molecular complexity index is 577. The van der Waals surface area contributed by atoms with Crippen LogP contribution in [0.5, 0.6) is 0 Å². The third kappa shape index (κ3) is 3.23. The summed E-state index contributed by atoms with van der Waals surface area (Å²) < 4.78 is 6.80. The van der Waals surface area contributed by atoms with Crippen LogP contribution >= 0.6 is 11.6 Å². The summed E-state index contributed by atoms with van der Waals surface area (Å²) in [5.74, 6) is 0.0886. The standard InChI is InChI=1S/C12H13ClN4O2/c1-2-17-11(15-7-16-17)6-19-12(18)8-3-9(13)5-10(14)4-8/h3-5,7H,2,6,14H2,1H3. The van der Waals surface area contributed by atoms with E-state index in [9.17, 15) is 4.79 Å². The number of ether oxygens (including phenoxy) is 1. The predicted octanol–water partition coefficient (Wildman–Crippen LogP) is 1.89. The number of rotatable bonds is 4. The molecule has 100 valence electrons. The van der Waals surface area contributed by atoms with Crippen molar-refractivity contribution in [2.75, 3.05) is 5.73 Å². The summed E-state index contributed by atoms with van der Waals surface area (Å²) >= 11 is 5.83. The number of halogens is 1. The summed E-state index contributed by atoms with van der Waals surface area (Å²) in [5.41, 5.74) is 6.34. The monoisotopic (exact) mass is 280 g/mol. The average Bonchev–Trinajstić information content (AvgIpc) is 2.82. The number of hydrogen-bond donors (Lipinski definition) is 1. The Kier molecular flexibility index (Phi) is 4.01. The third-order valence-corrected chi connectivity index (χ3v) is 2.70. The van der Waals surface area contributed by atoms with Gasteiger partial charge in [-0.1, -0.05) is 11.6 Å². The first-order valence-corrected chi connectivity index (χ1v) is 6.08. The van der Waals surface area contributed by atoms with Crippen LogP contribution in [0.3, 0.4) is 0 Å². The van der Waals surface area contributed by atoms with E-state index in [-0.39, 0.29) is 6.61 Å². The van der Waals surface area contributed by atoms with Crippen molar-refractivity contribution >= 4 is 23.3 Å². The molecular weight excluding hydrogens is 268 g/mol. The van der Waals surface area contributed by atoms with Gasteiger partial charge in [-0.3, -0.25) is 0 Å². The lowest BCUT2D eigenvalue weighted by Crippen LogP contribution is -2.10.